The largest absolute Gasteiger partial charge is 0.196 e. The number of hydrogen-bond acceptors (Lipinski definition) is 4. The Bertz CT molecular complexity index is 738. The first-order valence-electron chi connectivity index (χ1n) is 8.45. The maximum absolute atomic E-state index is 9.80. The molecule has 0 spiro atoms. The highest BCUT2D eigenvalue weighted by Crippen LogP contribution is 3.09. The Balaban J connectivity index is 1.81. The van der Waals surface area contributed by atoms with E-state index in [1.807, 2.05) is 12.1 Å². The standard InChI is InChI=1S/C18H20N4Si/c1-23(2,3)18-12-5-4-6-13(18)17(12,18)14-7-15(8-19,9-20)16(14,10-21)11-22/h12-14H,4-7H2,1-3H3. The lowest BCUT2D eigenvalue weighted by Gasteiger charge is -2.52. The first-order valence-corrected chi connectivity index (χ1v) is 12.0. The van der Waals surface area contributed by atoms with Gasteiger partial charge in [0.05, 0.1) is 32.4 Å². The molecule has 0 N–H and O–H groups in total. The van der Waals surface area contributed by atoms with Crippen LogP contribution in [0.5, 0.6) is 0 Å². The fourth-order valence-corrected chi connectivity index (χ4v) is 12.1. The van der Waals surface area contributed by atoms with Crippen LogP contribution < -0.4 is 0 Å². The van der Waals surface area contributed by atoms with Gasteiger partial charge in [0.15, 0.2) is 10.8 Å². The number of hydrogen-bond donors (Lipinski definition) is 0. The molecule has 0 amide bonds. The molecule has 3 atom stereocenters. The molecule has 4 rings (SSSR count). The van der Waals surface area contributed by atoms with Crippen LogP contribution in [0, 0.1) is 79.3 Å². The minimum Gasteiger partial charge on any atom is -0.196 e. The predicted molar refractivity (Wildman–Crippen MR) is 84.7 cm³/mol. The normalized spacial score (nSPS) is 46.7. The summed E-state index contributed by atoms with van der Waals surface area (Å²) in [6.07, 6.45) is 4.08. The van der Waals surface area contributed by atoms with Crippen molar-refractivity contribution in [1.82, 2.24) is 0 Å². The van der Waals surface area contributed by atoms with E-state index in [9.17, 15) is 21.0 Å². The van der Waals surface area contributed by atoms with Crippen molar-refractivity contribution in [2.75, 3.05) is 0 Å². The molecule has 0 aliphatic heterocycles. The number of nitriles is 4. The predicted octanol–water partition coefficient (Wildman–Crippen LogP) is 3.58. The van der Waals surface area contributed by atoms with Crippen LogP contribution in [0.2, 0.25) is 24.7 Å². The van der Waals surface area contributed by atoms with E-state index >= 15 is 0 Å². The van der Waals surface area contributed by atoms with E-state index in [2.05, 4.69) is 31.8 Å². The van der Waals surface area contributed by atoms with Crippen molar-refractivity contribution >= 4 is 8.07 Å². The summed E-state index contributed by atoms with van der Waals surface area (Å²) >= 11 is 0. The molecule has 5 heteroatoms. The molecular weight excluding hydrogens is 300 g/mol. The van der Waals surface area contributed by atoms with Crippen molar-refractivity contribution in [3.05, 3.63) is 0 Å². The Morgan fingerprint density at radius 1 is 0.826 bits per heavy atom. The first kappa shape index (κ1) is 14.7. The molecule has 4 nitrogen and oxygen atoms in total. The van der Waals surface area contributed by atoms with Crippen LogP contribution in [0.25, 0.3) is 0 Å². The molecule has 0 bridgehead atoms. The van der Waals surface area contributed by atoms with E-state index in [4.69, 9.17) is 0 Å². The van der Waals surface area contributed by atoms with Gasteiger partial charge in [-0.05, 0) is 41.6 Å². The highest BCUT2D eigenvalue weighted by molar-refractivity contribution is 6.81. The van der Waals surface area contributed by atoms with Crippen LogP contribution in [-0.2, 0) is 0 Å². The fraction of sp³-hybridized carbons (Fsp3) is 0.778. The summed E-state index contributed by atoms with van der Waals surface area (Å²) in [6.45, 7) is 7.23. The highest BCUT2D eigenvalue weighted by atomic mass is 28.3. The van der Waals surface area contributed by atoms with Crippen LogP contribution in [0.4, 0.5) is 0 Å². The first-order chi connectivity index (χ1) is 10.8. The highest BCUT2D eigenvalue weighted by Gasteiger charge is 3.04. The van der Waals surface area contributed by atoms with Gasteiger partial charge in [-0.2, -0.15) is 21.0 Å². The lowest BCUT2D eigenvalue weighted by molar-refractivity contribution is -0.0260. The third-order valence-electron chi connectivity index (χ3n) is 8.05. The van der Waals surface area contributed by atoms with Gasteiger partial charge >= 0.3 is 0 Å². The Morgan fingerprint density at radius 3 is 1.70 bits per heavy atom. The molecule has 0 radical (unpaired) electrons. The smallest absolute Gasteiger partial charge is 0.178 e. The van der Waals surface area contributed by atoms with Gasteiger partial charge in [-0.15, -0.1) is 0 Å². The van der Waals surface area contributed by atoms with E-state index in [0.29, 0.717) is 23.3 Å². The molecule has 4 saturated carbocycles. The fourth-order valence-electron chi connectivity index (χ4n) is 7.55. The second kappa shape index (κ2) is 3.64. The monoisotopic (exact) mass is 320 g/mol. The van der Waals surface area contributed by atoms with E-state index in [1.165, 1.54) is 19.3 Å². The van der Waals surface area contributed by atoms with Gasteiger partial charge in [-0.25, -0.2) is 0 Å². The number of nitrogens with zero attached hydrogens (tertiary/aromatic N) is 4. The Kier molecular flexibility index (Phi) is 2.33. The summed E-state index contributed by atoms with van der Waals surface area (Å²) in [4.78, 5) is 0. The van der Waals surface area contributed by atoms with Crippen LogP contribution >= 0.6 is 0 Å². The maximum atomic E-state index is 9.80. The van der Waals surface area contributed by atoms with Gasteiger partial charge in [0, 0.05) is 5.92 Å². The second-order valence-electron chi connectivity index (χ2n) is 9.01. The van der Waals surface area contributed by atoms with E-state index in [1.54, 1.807) is 0 Å². The van der Waals surface area contributed by atoms with Crippen molar-refractivity contribution < 1.29 is 0 Å². The molecule has 0 aromatic carbocycles. The molecular formula is C18H20N4Si. The molecule has 0 aromatic rings. The van der Waals surface area contributed by atoms with Crippen molar-refractivity contribution in [1.29, 1.82) is 21.0 Å². The molecule has 4 aliphatic rings. The van der Waals surface area contributed by atoms with Crippen LogP contribution in [0.3, 0.4) is 0 Å². The summed E-state index contributed by atoms with van der Waals surface area (Å²) in [5.74, 6) is 1.20. The topological polar surface area (TPSA) is 95.2 Å². The maximum Gasteiger partial charge on any atom is 0.178 e. The zero-order chi connectivity index (χ0) is 16.9. The zero-order valence-electron chi connectivity index (χ0n) is 13.8. The zero-order valence-corrected chi connectivity index (χ0v) is 14.8. The second-order valence-corrected chi connectivity index (χ2v) is 14.3. The van der Waals surface area contributed by atoms with Gasteiger partial charge in [-0.1, -0.05) is 26.1 Å². The van der Waals surface area contributed by atoms with Crippen LogP contribution in [0.15, 0.2) is 0 Å². The van der Waals surface area contributed by atoms with Gasteiger partial charge in [0.25, 0.3) is 0 Å². The third kappa shape index (κ3) is 1.04. The molecule has 116 valence electrons. The van der Waals surface area contributed by atoms with Gasteiger partial charge in [-0.3, -0.25) is 0 Å². The molecule has 3 unspecified atom stereocenters. The molecule has 23 heavy (non-hydrogen) atoms. The lowest BCUT2D eigenvalue weighted by atomic mass is 9.42. The van der Waals surface area contributed by atoms with Gasteiger partial charge < -0.3 is 0 Å². The summed E-state index contributed by atoms with van der Waals surface area (Å²) in [6, 6.07) is 8.35. The number of rotatable bonds is 2. The van der Waals surface area contributed by atoms with E-state index < -0.39 is 18.9 Å². The minimum atomic E-state index is -1.43. The average Bonchev–Trinajstić information content (AvgIpc) is 3.36. The number of fused-ring (bicyclic) bond motifs is 2. The third-order valence-corrected chi connectivity index (χ3v) is 11.7. The summed E-state index contributed by atoms with van der Waals surface area (Å²) < 4.78 is 0. The van der Waals surface area contributed by atoms with Gasteiger partial charge in [0.1, 0.15) is 0 Å². The summed E-state index contributed by atoms with van der Waals surface area (Å²) in [5.41, 5.74) is -2.75. The Morgan fingerprint density at radius 2 is 1.35 bits per heavy atom. The molecule has 0 saturated heterocycles. The minimum absolute atomic E-state index is 0.0775. The SMILES string of the molecule is C[Si](C)(C)C12C3CCCC1C32C1CC(C#N)(C#N)C1(C#N)C#N. The molecule has 0 heterocycles. The molecule has 4 aliphatic carbocycles. The van der Waals surface area contributed by atoms with Crippen molar-refractivity contribution in [2.24, 2.45) is 34.0 Å². The Hall–Kier alpha value is -1.82. The quantitative estimate of drug-likeness (QED) is 0.726. The summed E-state index contributed by atoms with van der Waals surface area (Å²) in [5, 5.41) is 39.0. The lowest BCUT2D eigenvalue weighted by Crippen LogP contribution is -2.58. The average molecular weight is 320 g/mol. The van der Waals surface area contributed by atoms with E-state index in [0.717, 1.165) is 0 Å². The summed E-state index contributed by atoms with van der Waals surface area (Å²) in [7, 11) is -1.43. The van der Waals surface area contributed by atoms with Crippen LogP contribution in [-0.4, -0.2) is 8.07 Å². The van der Waals surface area contributed by atoms with Crippen molar-refractivity contribution in [2.45, 2.75) is 50.4 Å². The molecule has 0 aromatic heterocycles. The van der Waals surface area contributed by atoms with Crippen molar-refractivity contribution in [3.63, 3.8) is 0 Å². The van der Waals surface area contributed by atoms with Gasteiger partial charge in [0.2, 0.25) is 0 Å². The molecule has 4 fully saturated rings. The van der Waals surface area contributed by atoms with Crippen molar-refractivity contribution in [3.8, 4) is 24.3 Å². The Labute approximate surface area is 138 Å². The van der Waals surface area contributed by atoms with Crippen LogP contribution in [0.1, 0.15) is 25.7 Å². The van der Waals surface area contributed by atoms with E-state index in [-0.39, 0.29) is 11.3 Å².